The van der Waals surface area contributed by atoms with E-state index in [4.69, 9.17) is 0 Å². The fourth-order valence-electron chi connectivity index (χ4n) is 2.83. The first-order valence-corrected chi connectivity index (χ1v) is 7.55. The zero-order chi connectivity index (χ0) is 17.6. The van der Waals surface area contributed by atoms with Crippen LogP contribution in [0.1, 0.15) is 0 Å². The summed E-state index contributed by atoms with van der Waals surface area (Å²) in [5.41, 5.74) is 0. The van der Waals surface area contributed by atoms with Crippen molar-refractivity contribution in [1.29, 1.82) is 0 Å². The van der Waals surface area contributed by atoms with Crippen molar-refractivity contribution in [3.63, 3.8) is 0 Å². The van der Waals surface area contributed by atoms with Crippen molar-refractivity contribution in [3.05, 3.63) is 0 Å². The summed E-state index contributed by atoms with van der Waals surface area (Å²) < 4.78 is 0. The van der Waals surface area contributed by atoms with Gasteiger partial charge in [0.05, 0.1) is 63.4 Å². The van der Waals surface area contributed by atoms with Gasteiger partial charge in [0, 0.05) is 12.6 Å². The zero-order valence-corrected chi connectivity index (χ0v) is 12.8. The van der Waals surface area contributed by atoms with E-state index in [0.29, 0.717) is 0 Å². The summed E-state index contributed by atoms with van der Waals surface area (Å²) in [6, 6.07) is -3.25. The van der Waals surface area contributed by atoms with Crippen LogP contribution in [-0.4, -0.2) is 128 Å². The van der Waals surface area contributed by atoms with Gasteiger partial charge in [0.2, 0.25) is 0 Å². The Kier molecular flexibility index (Phi) is 8.79. The highest BCUT2D eigenvalue weighted by atomic mass is 16.4. The SMILES string of the molecule is OCC(CO)N(C[C@H]1N[C@H](CO)[C@@H](O)[C@H](O)[C@H]1O)C(CO)CO. The lowest BCUT2D eigenvalue weighted by atomic mass is 9.90. The van der Waals surface area contributed by atoms with E-state index in [1.165, 1.54) is 4.90 Å². The third kappa shape index (κ3) is 4.79. The Labute approximate surface area is 134 Å². The van der Waals surface area contributed by atoms with Gasteiger partial charge in [-0.3, -0.25) is 4.90 Å². The molecule has 1 aliphatic heterocycles. The molecule has 0 aliphatic carbocycles. The van der Waals surface area contributed by atoms with E-state index < -0.39 is 75.5 Å². The first-order valence-electron chi connectivity index (χ1n) is 7.55. The highest BCUT2D eigenvalue weighted by Crippen LogP contribution is 2.18. The molecule has 0 aromatic rings. The predicted molar refractivity (Wildman–Crippen MR) is 78.4 cm³/mol. The molecule has 10 heteroatoms. The van der Waals surface area contributed by atoms with Gasteiger partial charge in [-0.25, -0.2) is 0 Å². The van der Waals surface area contributed by atoms with Crippen LogP contribution in [0.25, 0.3) is 0 Å². The predicted octanol–water partition coefficient (Wildman–Crippen LogP) is -5.59. The molecular formula is C13H28N2O8. The van der Waals surface area contributed by atoms with Crippen molar-refractivity contribution in [2.24, 2.45) is 0 Å². The molecule has 0 aromatic carbocycles. The van der Waals surface area contributed by atoms with Gasteiger partial charge >= 0.3 is 0 Å². The van der Waals surface area contributed by atoms with Gasteiger partial charge in [0.1, 0.15) is 6.10 Å². The number of nitrogens with zero attached hydrogens (tertiary/aromatic N) is 1. The normalized spacial score (nSPS) is 32.2. The summed E-state index contributed by atoms with van der Waals surface area (Å²) in [7, 11) is 0. The molecule has 138 valence electrons. The van der Waals surface area contributed by atoms with E-state index >= 15 is 0 Å². The Morgan fingerprint density at radius 1 is 0.696 bits per heavy atom. The monoisotopic (exact) mass is 340 g/mol. The van der Waals surface area contributed by atoms with E-state index in [0.717, 1.165) is 0 Å². The summed E-state index contributed by atoms with van der Waals surface area (Å²) >= 11 is 0. The summed E-state index contributed by atoms with van der Waals surface area (Å²) in [4.78, 5) is 1.42. The number of piperidine rings is 1. The highest BCUT2D eigenvalue weighted by molar-refractivity contribution is 5.00. The smallest absolute Gasteiger partial charge is 0.109 e. The van der Waals surface area contributed by atoms with Crippen LogP contribution in [0, 0.1) is 0 Å². The fraction of sp³-hybridized carbons (Fsp3) is 1.00. The van der Waals surface area contributed by atoms with Gasteiger partial charge in [0.25, 0.3) is 0 Å². The van der Waals surface area contributed by atoms with Crippen molar-refractivity contribution in [3.8, 4) is 0 Å². The molecule has 1 saturated heterocycles. The molecule has 0 spiro atoms. The van der Waals surface area contributed by atoms with Gasteiger partial charge in [-0.1, -0.05) is 0 Å². The maximum Gasteiger partial charge on any atom is 0.109 e. The van der Waals surface area contributed by atoms with Gasteiger partial charge in [-0.2, -0.15) is 0 Å². The molecule has 1 fully saturated rings. The van der Waals surface area contributed by atoms with Gasteiger partial charge in [0.15, 0.2) is 0 Å². The third-order valence-electron chi connectivity index (χ3n) is 4.34. The second-order valence-corrected chi connectivity index (χ2v) is 5.77. The molecule has 10 nitrogen and oxygen atoms in total. The van der Waals surface area contributed by atoms with Crippen LogP contribution in [0.15, 0.2) is 0 Å². The lowest BCUT2D eigenvalue weighted by Gasteiger charge is -2.45. The fourth-order valence-corrected chi connectivity index (χ4v) is 2.83. The topological polar surface area (TPSA) is 177 Å². The van der Waals surface area contributed by atoms with Gasteiger partial charge < -0.3 is 46.2 Å². The Balaban J connectivity index is 2.92. The molecule has 1 rings (SSSR count). The number of nitrogens with one attached hydrogen (secondary N) is 1. The lowest BCUT2D eigenvalue weighted by molar-refractivity contribution is -0.127. The first kappa shape index (κ1) is 20.6. The second-order valence-electron chi connectivity index (χ2n) is 5.77. The number of hydrogen-bond donors (Lipinski definition) is 9. The minimum atomic E-state index is -1.48. The van der Waals surface area contributed by atoms with Crippen LogP contribution < -0.4 is 5.32 Å². The maximum atomic E-state index is 10.1. The molecule has 1 aliphatic rings. The van der Waals surface area contributed by atoms with Gasteiger partial charge in [-0.15, -0.1) is 0 Å². The largest absolute Gasteiger partial charge is 0.395 e. The van der Waals surface area contributed by atoms with E-state index in [1.807, 2.05) is 0 Å². The Morgan fingerprint density at radius 3 is 1.52 bits per heavy atom. The minimum absolute atomic E-state index is 0.0426. The highest BCUT2D eigenvalue weighted by Gasteiger charge is 2.43. The zero-order valence-electron chi connectivity index (χ0n) is 12.8. The van der Waals surface area contributed by atoms with E-state index in [2.05, 4.69) is 5.32 Å². The third-order valence-corrected chi connectivity index (χ3v) is 4.34. The molecule has 1 heterocycles. The number of rotatable bonds is 9. The molecule has 0 amide bonds. The van der Waals surface area contributed by atoms with Crippen molar-refractivity contribution < 1.29 is 40.9 Å². The Bertz CT molecular complexity index is 315. The summed E-state index contributed by atoms with van der Waals surface area (Å²) in [6.07, 6.45) is -4.20. The van der Waals surface area contributed by atoms with Crippen LogP contribution in [0.3, 0.4) is 0 Å². The van der Waals surface area contributed by atoms with Crippen LogP contribution in [0.5, 0.6) is 0 Å². The molecule has 0 radical (unpaired) electrons. The van der Waals surface area contributed by atoms with Crippen LogP contribution in [-0.2, 0) is 0 Å². The molecule has 9 N–H and O–H groups in total. The number of aliphatic hydroxyl groups is 8. The molecule has 23 heavy (non-hydrogen) atoms. The van der Waals surface area contributed by atoms with Crippen LogP contribution in [0.2, 0.25) is 0 Å². The lowest BCUT2D eigenvalue weighted by Crippen LogP contribution is -2.69. The van der Waals surface area contributed by atoms with E-state index in [9.17, 15) is 40.9 Å². The summed E-state index contributed by atoms with van der Waals surface area (Å²) in [6.45, 7) is -2.27. The Hall–Kier alpha value is -0.400. The second kappa shape index (κ2) is 9.79. The molecular weight excluding hydrogens is 312 g/mol. The van der Waals surface area contributed by atoms with Crippen molar-refractivity contribution in [2.45, 2.75) is 42.5 Å². The molecule has 0 bridgehead atoms. The number of hydrogen-bond acceptors (Lipinski definition) is 10. The minimum Gasteiger partial charge on any atom is -0.395 e. The average Bonchev–Trinajstić information content (AvgIpc) is 2.57. The molecule has 0 saturated carbocycles. The van der Waals surface area contributed by atoms with Crippen LogP contribution in [0.4, 0.5) is 0 Å². The standard InChI is InChI=1S/C13H28N2O8/c16-2-7(3-17)15(8(4-18)5-19)1-9-11(21)13(23)12(22)10(6-20)14-9/h7-14,16-23H,1-6H2/t9-,10-,11+,12-,13-/m1/s1. The first-order chi connectivity index (χ1) is 10.9. The number of aliphatic hydroxyl groups excluding tert-OH is 8. The summed E-state index contributed by atoms with van der Waals surface area (Å²) in [5, 5.41) is 79.1. The molecule has 0 aromatic heterocycles. The van der Waals surface area contributed by atoms with Crippen molar-refractivity contribution >= 4 is 0 Å². The van der Waals surface area contributed by atoms with E-state index in [1.54, 1.807) is 0 Å². The average molecular weight is 340 g/mol. The Morgan fingerprint density at radius 2 is 1.13 bits per heavy atom. The maximum absolute atomic E-state index is 10.1. The molecule has 0 unspecified atom stereocenters. The van der Waals surface area contributed by atoms with E-state index in [-0.39, 0.29) is 6.54 Å². The summed E-state index contributed by atoms with van der Waals surface area (Å²) in [5.74, 6) is 0. The van der Waals surface area contributed by atoms with Crippen molar-refractivity contribution in [1.82, 2.24) is 10.2 Å². The molecule has 5 atom stereocenters. The quantitative estimate of drug-likeness (QED) is 0.197. The van der Waals surface area contributed by atoms with Crippen molar-refractivity contribution in [2.75, 3.05) is 39.6 Å². The van der Waals surface area contributed by atoms with Gasteiger partial charge in [-0.05, 0) is 0 Å². The van der Waals surface area contributed by atoms with Crippen LogP contribution >= 0.6 is 0 Å².